The molecule has 3 aliphatic rings. The highest BCUT2D eigenvalue weighted by Crippen LogP contribution is 2.59. The SMILES string of the molecule is Nc1coc2c(F)c(C3=CN=C(C4C5CC5c5nc(-c6cc(Cl)ccc6-n6cc(Cl)nn6)cc(=O)n54)C3)ccc12. The van der Waals surface area contributed by atoms with Crippen LogP contribution in [-0.2, 0) is 0 Å². The second-order valence-corrected chi connectivity index (χ2v) is 11.1. The average Bonchev–Trinajstić information content (AvgIpc) is 3.29. The standard InChI is InChI=1S/C28H18Cl2FN7O2/c29-13-1-4-22(37-10-23(30)35-36-37)18(6-13)20-8-24(39)38-26(16-7-17(16)28(38)34-20)21-5-12(9-33-21)14-2-3-15-19(32)11-40-27(15)25(14)31/h1-4,6,8-11,16-17,26H,5,7,32H2. The van der Waals surface area contributed by atoms with E-state index in [1.165, 1.54) is 17.0 Å². The van der Waals surface area contributed by atoms with Crippen molar-refractivity contribution in [2.45, 2.75) is 24.8 Å². The number of hydrogen-bond acceptors (Lipinski definition) is 7. The highest BCUT2D eigenvalue weighted by molar-refractivity contribution is 6.31. The Hall–Kier alpha value is -4.28. The molecule has 3 aromatic heterocycles. The van der Waals surface area contributed by atoms with E-state index in [9.17, 15) is 4.79 Å². The van der Waals surface area contributed by atoms with E-state index in [1.54, 1.807) is 47.3 Å². The average molecular weight is 574 g/mol. The molecule has 0 bridgehead atoms. The molecule has 8 rings (SSSR count). The van der Waals surface area contributed by atoms with Crippen LogP contribution in [-0.4, -0.2) is 30.3 Å². The van der Waals surface area contributed by atoms with Gasteiger partial charge in [-0.05, 0) is 42.2 Å². The fourth-order valence-corrected chi connectivity index (χ4v) is 6.33. The lowest BCUT2D eigenvalue weighted by atomic mass is 9.97. The molecule has 1 saturated carbocycles. The Balaban J connectivity index is 1.14. The normalized spacial score (nSPS) is 20.9. The minimum Gasteiger partial charge on any atom is -0.459 e. The number of fused-ring (bicyclic) bond motifs is 4. The molecule has 9 nitrogen and oxygen atoms in total. The van der Waals surface area contributed by atoms with Crippen LogP contribution in [0.2, 0.25) is 10.2 Å². The first-order valence-corrected chi connectivity index (χ1v) is 13.4. The molecule has 3 atom stereocenters. The minimum atomic E-state index is -0.470. The summed E-state index contributed by atoms with van der Waals surface area (Å²) < 4.78 is 23.9. The van der Waals surface area contributed by atoms with Crippen LogP contribution in [0, 0.1) is 11.7 Å². The maximum absolute atomic E-state index is 15.3. The Morgan fingerprint density at radius 3 is 2.83 bits per heavy atom. The number of nitrogen functional groups attached to an aromatic ring is 1. The number of nitrogens with two attached hydrogens (primary N) is 1. The summed E-state index contributed by atoms with van der Waals surface area (Å²) in [4.78, 5) is 23.2. The van der Waals surface area contributed by atoms with E-state index in [2.05, 4.69) is 15.3 Å². The van der Waals surface area contributed by atoms with Crippen LogP contribution in [0.4, 0.5) is 10.1 Å². The van der Waals surface area contributed by atoms with Gasteiger partial charge in [0.25, 0.3) is 5.56 Å². The molecular formula is C28H18Cl2FN7O2. The fourth-order valence-electron chi connectivity index (χ4n) is 6.04. The van der Waals surface area contributed by atoms with Crippen LogP contribution in [0.25, 0.3) is 33.5 Å². The zero-order valence-corrected chi connectivity index (χ0v) is 22.1. The van der Waals surface area contributed by atoms with Gasteiger partial charge in [-0.1, -0.05) is 34.5 Å². The number of halogens is 3. The summed E-state index contributed by atoms with van der Waals surface area (Å²) in [5.74, 6) is 0.608. The third-order valence-electron chi connectivity index (χ3n) is 7.94. The van der Waals surface area contributed by atoms with E-state index in [0.717, 1.165) is 23.5 Å². The van der Waals surface area contributed by atoms with Crippen LogP contribution in [0.5, 0.6) is 0 Å². The Morgan fingerprint density at radius 1 is 1.12 bits per heavy atom. The zero-order chi connectivity index (χ0) is 27.3. The van der Waals surface area contributed by atoms with Crippen molar-refractivity contribution < 1.29 is 8.81 Å². The van der Waals surface area contributed by atoms with Crippen LogP contribution in [0.3, 0.4) is 0 Å². The summed E-state index contributed by atoms with van der Waals surface area (Å²) >= 11 is 12.3. The first-order chi connectivity index (χ1) is 19.4. The van der Waals surface area contributed by atoms with Crippen molar-refractivity contribution >= 4 is 51.1 Å². The summed E-state index contributed by atoms with van der Waals surface area (Å²) in [6, 6.07) is 9.98. The summed E-state index contributed by atoms with van der Waals surface area (Å²) in [5.41, 5.74) is 9.93. The van der Waals surface area contributed by atoms with Crippen molar-refractivity contribution in [3.63, 3.8) is 0 Å². The molecule has 5 heterocycles. The molecule has 198 valence electrons. The Labute approximate surface area is 235 Å². The van der Waals surface area contributed by atoms with Crippen molar-refractivity contribution in [2.75, 3.05) is 5.73 Å². The second kappa shape index (κ2) is 8.36. The molecule has 2 aliphatic heterocycles. The van der Waals surface area contributed by atoms with Gasteiger partial charge >= 0.3 is 0 Å². The van der Waals surface area contributed by atoms with E-state index in [-0.39, 0.29) is 34.2 Å². The molecule has 0 radical (unpaired) electrons. The molecule has 5 aromatic rings. The first kappa shape index (κ1) is 23.6. The summed E-state index contributed by atoms with van der Waals surface area (Å²) in [7, 11) is 0. The lowest BCUT2D eigenvalue weighted by Crippen LogP contribution is -2.30. The molecule has 0 amide bonds. The number of benzene rings is 2. The predicted molar refractivity (Wildman–Crippen MR) is 149 cm³/mol. The molecule has 2 N–H and O–H groups in total. The molecule has 0 spiro atoms. The van der Waals surface area contributed by atoms with Crippen molar-refractivity contribution in [1.29, 1.82) is 0 Å². The lowest BCUT2D eigenvalue weighted by molar-refractivity contribution is 0.559. The molecule has 3 unspecified atom stereocenters. The van der Waals surface area contributed by atoms with Gasteiger partial charge in [-0.15, -0.1) is 5.10 Å². The Morgan fingerprint density at radius 2 is 2.00 bits per heavy atom. The maximum Gasteiger partial charge on any atom is 0.254 e. The van der Waals surface area contributed by atoms with E-state index in [4.69, 9.17) is 38.3 Å². The number of rotatable bonds is 4. The first-order valence-electron chi connectivity index (χ1n) is 12.6. The number of nitrogens with zero attached hydrogens (tertiary/aromatic N) is 6. The maximum atomic E-state index is 15.3. The van der Waals surface area contributed by atoms with Crippen LogP contribution in [0.15, 0.2) is 69.3 Å². The number of allylic oxidation sites excluding steroid dienone is 1. The van der Waals surface area contributed by atoms with Gasteiger partial charge in [0.15, 0.2) is 16.6 Å². The summed E-state index contributed by atoms with van der Waals surface area (Å²) in [5, 5.41) is 9.19. The number of hydrogen-bond donors (Lipinski definition) is 1. The minimum absolute atomic E-state index is 0.124. The third-order valence-corrected chi connectivity index (χ3v) is 8.35. The number of anilines is 1. The highest BCUT2D eigenvalue weighted by atomic mass is 35.5. The van der Waals surface area contributed by atoms with Gasteiger partial charge in [0, 0.05) is 51.9 Å². The number of aliphatic imine (C=N–C) groups is 1. The second-order valence-electron chi connectivity index (χ2n) is 10.3. The van der Waals surface area contributed by atoms with Crippen molar-refractivity contribution in [2.24, 2.45) is 10.9 Å². The molecule has 1 aliphatic carbocycles. The third kappa shape index (κ3) is 3.42. The number of aromatic nitrogens is 5. The predicted octanol–water partition coefficient (Wildman–Crippen LogP) is 5.81. The van der Waals surface area contributed by atoms with E-state index < -0.39 is 5.82 Å². The zero-order valence-electron chi connectivity index (χ0n) is 20.6. The quantitative estimate of drug-likeness (QED) is 0.290. The largest absolute Gasteiger partial charge is 0.459 e. The fraction of sp³-hybridized carbons (Fsp3) is 0.179. The van der Waals surface area contributed by atoms with Gasteiger partial charge < -0.3 is 10.2 Å². The van der Waals surface area contributed by atoms with E-state index in [0.29, 0.717) is 45.0 Å². The Bertz CT molecular complexity index is 2020. The smallest absolute Gasteiger partial charge is 0.254 e. The van der Waals surface area contributed by atoms with Gasteiger partial charge in [0.1, 0.15) is 12.1 Å². The molecule has 40 heavy (non-hydrogen) atoms. The molecule has 1 fully saturated rings. The molecular weight excluding hydrogens is 556 g/mol. The molecule has 12 heteroatoms. The highest BCUT2D eigenvalue weighted by Gasteiger charge is 2.55. The number of furan rings is 1. The van der Waals surface area contributed by atoms with Crippen LogP contribution >= 0.6 is 23.2 Å². The monoisotopic (exact) mass is 573 g/mol. The summed E-state index contributed by atoms with van der Waals surface area (Å²) in [6.07, 6.45) is 5.92. The van der Waals surface area contributed by atoms with Gasteiger partial charge in [0.2, 0.25) is 0 Å². The van der Waals surface area contributed by atoms with Gasteiger partial charge in [-0.2, -0.15) is 0 Å². The van der Waals surface area contributed by atoms with Crippen LogP contribution in [0.1, 0.15) is 36.2 Å². The van der Waals surface area contributed by atoms with E-state index >= 15 is 4.39 Å². The molecule has 2 aromatic carbocycles. The van der Waals surface area contributed by atoms with Crippen molar-refractivity contribution in [3.8, 4) is 16.9 Å². The summed E-state index contributed by atoms with van der Waals surface area (Å²) in [6.45, 7) is 0. The van der Waals surface area contributed by atoms with Gasteiger partial charge in [0.05, 0.1) is 29.3 Å². The van der Waals surface area contributed by atoms with Crippen molar-refractivity contribution in [1.82, 2.24) is 24.5 Å². The van der Waals surface area contributed by atoms with Crippen molar-refractivity contribution in [3.05, 3.63) is 92.8 Å². The van der Waals surface area contributed by atoms with Crippen LogP contribution < -0.4 is 11.3 Å². The molecule has 0 saturated heterocycles. The van der Waals surface area contributed by atoms with E-state index in [1.807, 2.05) is 0 Å². The topological polar surface area (TPSA) is 117 Å². The Kier molecular flexibility index (Phi) is 4.93. The van der Waals surface area contributed by atoms with Gasteiger partial charge in [-0.25, -0.2) is 14.1 Å². The lowest BCUT2D eigenvalue weighted by Gasteiger charge is -2.19. The van der Waals surface area contributed by atoms with Gasteiger partial charge in [-0.3, -0.25) is 14.4 Å².